The number of rotatable bonds is 2. The molecule has 2 aliphatic rings. The van der Waals surface area contributed by atoms with Gasteiger partial charge in [-0.3, -0.25) is 15.1 Å². The predicted molar refractivity (Wildman–Crippen MR) is 83.4 cm³/mol. The van der Waals surface area contributed by atoms with Gasteiger partial charge in [0.2, 0.25) is 6.79 Å². The molecule has 1 atom stereocenters. The van der Waals surface area contributed by atoms with Gasteiger partial charge in [-0.25, -0.2) is 0 Å². The zero-order chi connectivity index (χ0) is 16.0. The van der Waals surface area contributed by atoms with E-state index in [1.165, 1.54) is 4.90 Å². The maximum atomic E-state index is 13.0. The Morgan fingerprint density at radius 2 is 1.83 bits per heavy atom. The van der Waals surface area contributed by atoms with Crippen LogP contribution in [-0.4, -0.2) is 30.6 Å². The number of likely N-dealkylation sites (N-methyl/N-ethyl adjacent to an activating group) is 1. The van der Waals surface area contributed by atoms with Crippen molar-refractivity contribution < 1.29 is 14.3 Å². The van der Waals surface area contributed by atoms with Gasteiger partial charge in [0.05, 0.1) is 0 Å². The van der Waals surface area contributed by atoms with Crippen LogP contribution in [-0.2, 0) is 10.3 Å². The molecule has 4 rings (SSSR count). The van der Waals surface area contributed by atoms with Crippen LogP contribution in [0.5, 0.6) is 11.5 Å². The SMILES string of the molecule is CN1C(=N)NC(c2ccccc2)(c2ccc3c(c2)OCO3)C1=O. The van der Waals surface area contributed by atoms with E-state index in [9.17, 15) is 4.79 Å². The summed E-state index contributed by atoms with van der Waals surface area (Å²) in [6, 6.07) is 14.8. The molecule has 23 heavy (non-hydrogen) atoms. The molecule has 2 aliphatic heterocycles. The highest BCUT2D eigenvalue weighted by Crippen LogP contribution is 2.40. The second-order valence-electron chi connectivity index (χ2n) is 5.52. The number of ether oxygens (including phenoxy) is 2. The van der Waals surface area contributed by atoms with Gasteiger partial charge in [0.15, 0.2) is 23.0 Å². The summed E-state index contributed by atoms with van der Waals surface area (Å²) >= 11 is 0. The molecule has 1 saturated heterocycles. The standard InChI is InChI=1S/C17H15N3O3/c1-20-15(21)17(19-16(20)18,11-5-3-2-4-6-11)12-7-8-13-14(9-12)23-10-22-13/h2-9H,10H2,1H3,(H2,18,19). The topological polar surface area (TPSA) is 74.7 Å². The lowest BCUT2D eigenvalue weighted by atomic mass is 9.82. The number of hydrogen-bond acceptors (Lipinski definition) is 4. The van der Waals surface area contributed by atoms with Crippen molar-refractivity contribution in [3.05, 3.63) is 59.7 Å². The van der Waals surface area contributed by atoms with E-state index in [1.54, 1.807) is 19.2 Å². The molecule has 2 aromatic carbocycles. The van der Waals surface area contributed by atoms with E-state index >= 15 is 0 Å². The van der Waals surface area contributed by atoms with E-state index in [2.05, 4.69) is 5.32 Å². The van der Waals surface area contributed by atoms with Gasteiger partial charge in [-0.15, -0.1) is 0 Å². The molecule has 2 heterocycles. The Kier molecular flexibility index (Phi) is 2.81. The van der Waals surface area contributed by atoms with Crippen molar-refractivity contribution in [1.82, 2.24) is 10.2 Å². The normalized spacial score (nSPS) is 22.4. The Morgan fingerprint density at radius 1 is 1.09 bits per heavy atom. The van der Waals surface area contributed by atoms with E-state index in [-0.39, 0.29) is 18.7 Å². The molecule has 0 bridgehead atoms. The first kappa shape index (κ1) is 13.6. The molecule has 116 valence electrons. The predicted octanol–water partition coefficient (Wildman–Crippen LogP) is 1.66. The summed E-state index contributed by atoms with van der Waals surface area (Å²) in [5.74, 6) is 1.13. The molecule has 0 aliphatic carbocycles. The van der Waals surface area contributed by atoms with Crippen molar-refractivity contribution in [3.8, 4) is 11.5 Å². The number of hydrogen-bond donors (Lipinski definition) is 2. The van der Waals surface area contributed by atoms with Gasteiger partial charge in [-0.2, -0.15) is 0 Å². The summed E-state index contributed by atoms with van der Waals surface area (Å²) in [6.45, 7) is 0.175. The highest BCUT2D eigenvalue weighted by molar-refractivity contribution is 6.10. The number of amides is 1. The number of fused-ring (bicyclic) bond motifs is 1. The summed E-state index contributed by atoms with van der Waals surface area (Å²) in [5, 5.41) is 11.1. The zero-order valence-electron chi connectivity index (χ0n) is 12.5. The van der Waals surface area contributed by atoms with Crippen molar-refractivity contribution in [2.24, 2.45) is 0 Å². The number of nitrogens with one attached hydrogen (secondary N) is 2. The lowest BCUT2D eigenvalue weighted by molar-refractivity contribution is -0.129. The molecule has 0 aromatic heterocycles. The highest BCUT2D eigenvalue weighted by atomic mass is 16.7. The molecule has 2 N–H and O–H groups in total. The minimum atomic E-state index is -1.13. The largest absolute Gasteiger partial charge is 0.454 e. The Morgan fingerprint density at radius 3 is 2.52 bits per heavy atom. The Labute approximate surface area is 133 Å². The first-order valence-corrected chi connectivity index (χ1v) is 7.23. The second kappa shape index (κ2) is 4.74. The summed E-state index contributed by atoms with van der Waals surface area (Å²) in [7, 11) is 1.59. The van der Waals surface area contributed by atoms with E-state index < -0.39 is 5.54 Å². The minimum Gasteiger partial charge on any atom is -0.454 e. The summed E-state index contributed by atoms with van der Waals surface area (Å²) in [6.07, 6.45) is 0. The number of carbonyl (C=O) groups excluding carboxylic acids is 1. The summed E-state index contributed by atoms with van der Waals surface area (Å²) in [4.78, 5) is 14.3. The molecular weight excluding hydrogens is 294 g/mol. The fraction of sp³-hybridized carbons (Fsp3) is 0.176. The van der Waals surface area contributed by atoms with Gasteiger partial charge >= 0.3 is 0 Å². The molecule has 1 fully saturated rings. The van der Waals surface area contributed by atoms with Crippen LogP contribution in [0.1, 0.15) is 11.1 Å². The molecule has 6 nitrogen and oxygen atoms in total. The lowest BCUT2D eigenvalue weighted by Crippen LogP contribution is -2.45. The smallest absolute Gasteiger partial charge is 0.264 e. The average molecular weight is 309 g/mol. The van der Waals surface area contributed by atoms with E-state index in [4.69, 9.17) is 14.9 Å². The van der Waals surface area contributed by atoms with Gasteiger partial charge in [0, 0.05) is 7.05 Å². The Balaban J connectivity index is 1.94. The van der Waals surface area contributed by atoms with Gasteiger partial charge in [0.1, 0.15) is 0 Å². The number of carbonyl (C=O) groups is 1. The van der Waals surface area contributed by atoms with Crippen molar-refractivity contribution in [3.63, 3.8) is 0 Å². The molecule has 2 aromatic rings. The number of nitrogens with zero attached hydrogens (tertiary/aromatic N) is 1. The van der Waals surface area contributed by atoms with Crippen molar-refractivity contribution in [2.45, 2.75) is 5.54 Å². The fourth-order valence-electron chi connectivity index (χ4n) is 3.04. The molecule has 6 heteroatoms. The van der Waals surface area contributed by atoms with Crippen molar-refractivity contribution in [2.75, 3.05) is 13.8 Å². The van der Waals surface area contributed by atoms with Crippen LogP contribution in [0.2, 0.25) is 0 Å². The summed E-state index contributed by atoms with van der Waals surface area (Å²) in [5.41, 5.74) is 0.360. The third-order valence-corrected chi connectivity index (χ3v) is 4.28. The van der Waals surface area contributed by atoms with Crippen LogP contribution in [0.3, 0.4) is 0 Å². The van der Waals surface area contributed by atoms with Gasteiger partial charge < -0.3 is 14.8 Å². The number of benzene rings is 2. The van der Waals surface area contributed by atoms with Crippen molar-refractivity contribution in [1.29, 1.82) is 5.41 Å². The second-order valence-corrected chi connectivity index (χ2v) is 5.52. The first-order valence-electron chi connectivity index (χ1n) is 7.23. The minimum absolute atomic E-state index is 0.0662. The Bertz CT molecular complexity index is 806. The van der Waals surface area contributed by atoms with Crippen molar-refractivity contribution >= 4 is 11.9 Å². The van der Waals surface area contributed by atoms with Crippen LogP contribution in [0, 0.1) is 5.41 Å². The van der Waals surface area contributed by atoms with E-state index in [0.717, 1.165) is 5.56 Å². The highest BCUT2D eigenvalue weighted by Gasteiger charge is 2.51. The van der Waals surface area contributed by atoms with Crippen LogP contribution in [0.25, 0.3) is 0 Å². The molecule has 0 radical (unpaired) electrons. The molecule has 0 spiro atoms. The Hall–Kier alpha value is -3.02. The van der Waals surface area contributed by atoms with Crippen LogP contribution in [0.15, 0.2) is 48.5 Å². The first-order chi connectivity index (χ1) is 11.1. The molecular formula is C17H15N3O3. The molecule has 1 unspecified atom stereocenters. The quantitative estimate of drug-likeness (QED) is 0.884. The van der Waals surface area contributed by atoms with E-state index in [0.29, 0.717) is 17.1 Å². The summed E-state index contributed by atoms with van der Waals surface area (Å²) < 4.78 is 10.8. The van der Waals surface area contributed by atoms with Gasteiger partial charge in [-0.1, -0.05) is 36.4 Å². The molecule has 1 amide bonds. The fourth-order valence-corrected chi connectivity index (χ4v) is 3.04. The maximum Gasteiger partial charge on any atom is 0.264 e. The third kappa shape index (κ3) is 1.81. The maximum absolute atomic E-state index is 13.0. The lowest BCUT2D eigenvalue weighted by Gasteiger charge is -2.28. The monoisotopic (exact) mass is 309 g/mol. The van der Waals surface area contributed by atoms with E-state index in [1.807, 2.05) is 36.4 Å². The third-order valence-electron chi connectivity index (χ3n) is 4.28. The molecule has 0 saturated carbocycles. The number of guanidine groups is 1. The zero-order valence-corrected chi connectivity index (χ0v) is 12.5. The van der Waals surface area contributed by atoms with Crippen LogP contribution < -0.4 is 14.8 Å². The van der Waals surface area contributed by atoms with Crippen LogP contribution >= 0.6 is 0 Å². The van der Waals surface area contributed by atoms with Crippen LogP contribution in [0.4, 0.5) is 0 Å². The van der Waals surface area contributed by atoms with Gasteiger partial charge in [-0.05, 0) is 23.3 Å². The average Bonchev–Trinajstić information content (AvgIpc) is 3.14. The van der Waals surface area contributed by atoms with Gasteiger partial charge in [0.25, 0.3) is 5.91 Å².